The van der Waals surface area contributed by atoms with Crippen LogP contribution in [0.2, 0.25) is 0 Å². The van der Waals surface area contributed by atoms with Crippen molar-refractivity contribution >= 4 is 44.9 Å². The molecule has 2 saturated carbocycles. The number of rotatable bonds is 10. The lowest BCUT2D eigenvalue weighted by Crippen LogP contribution is -2.60. The first-order valence-electron chi connectivity index (χ1n) is 20.6. The van der Waals surface area contributed by atoms with E-state index in [0.29, 0.717) is 52.4 Å². The molecule has 4 aliphatic rings. The highest BCUT2D eigenvalue weighted by atomic mass is 32.2. The van der Waals surface area contributed by atoms with Crippen molar-refractivity contribution in [1.29, 1.82) is 0 Å². The maximum absolute atomic E-state index is 14.9. The van der Waals surface area contributed by atoms with Gasteiger partial charge in [0.25, 0.3) is 5.91 Å². The van der Waals surface area contributed by atoms with Crippen molar-refractivity contribution < 1.29 is 72.9 Å². The predicted octanol–water partition coefficient (Wildman–Crippen LogP) is 5.18. The van der Waals surface area contributed by atoms with Gasteiger partial charge in [-0.3, -0.25) is 19.1 Å². The van der Waals surface area contributed by atoms with E-state index >= 15 is 0 Å². The third-order valence-corrected chi connectivity index (χ3v) is 14.7. The number of amides is 4. The highest BCUT2D eigenvalue weighted by Crippen LogP contribution is 2.49. The fourth-order valence-corrected chi connectivity index (χ4v) is 9.55. The number of halogens is 6. The average Bonchev–Trinajstić information content (AvgIpc) is 4.06. The summed E-state index contributed by atoms with van der Waals surface area (Å²) in [6.07, 6.45) is -10.8. The number of aromatic nitrogens is 2. The number of nitrogens with one attached hydrogen (secondary N) is 3. The fraction of sp³-hybridized carbons (Fsp3) is 0.700. The van der Waals surface area contributed by atoms with Crippen molar-refractivity contribution in [1.82, 2.24) is 30.2 Å². The molecule has 0 spiro atoms. The van der Waals surface area contributed by atoms with Crippen LogP contribution < -0.4 is 24.8 Å². The van der Waals surface area contributed by atoms with Gasteiger partial charge in [-0.1, -0.05) is 26.2 Å². The van der Waals surface area contributed by atoms with Crippen LogP contribution in [-0.2, 0) is 40.1 Å². The smallest absolute Gasteiger partial charge is 0.438 e. The molecular weight excluding hydrogens is 871 g/mol. The summed E-state index contributed by atoms with van der Waals surface area (Å²) < 4.78 is 134. The number of ether oxygens (including phenoxy) is 4. The Labute approximate surface area is 359 Å². The Balaban J connectivity index is 1.41. The number of benzene rings is 1. The van der Waals surface area contributed by atoms with Gasteiger partial charge >= 0.3 is 18.4 Å². The number of nitrogens with zero attached hydrogens (tertiary/aromatic N) is 3. The summed E-state index contributed by atoms with van der Waals surface area (Å²) >= 11 is 0. The summed E-state index contributed by atoms with van der Waals surface area (Å²) in [6.45, 7) is 3.71. The molecule has 350 valence electrons. The highest BCUT2D eigenvalue weighted by Gasteiger charge is 2.64. The van der Waals surface area contributed by atoms with Crippen LogP contribution in [0.5, 0.6) is 11.6 Å². The molecule has 2 saturated heterocycles. The number of hydrogen-bond acceptors (Lipinski definition) is 12. The molecular formula is C40H52F6N6O10S. The molecule has 4 fully saturated rings. The number of carbonyl (C=O) groups is 4. The minimum absolute atomic E-state index is 0.0406. The standard InChI is InChI=1S/C40H52F6N6O10S/c1-21-9-7-8-10-23-18-38(23,34(55)51-63(57,58)37(4)13-14-37)50-31(53)28-17-25(61-32-30(39(41,42)43)47-26-12-11-24(60-6)16-27(26)48-32)19-52(28)33(54)29(22(15-21)20-59-5)49-35(56)62-36(2,3)40(44,45)46/h11-12,16,21-23,25,28-29H,7-10,13-15,17-20H2,1-6H3,(H,49,56)(H,50,53)(H,51,55)/t21-,22-,23-,25+,28-,29-,38+/m0/s1. The summed E-state index contributed by atoms with van der Waals surface area (Å²) in [5.74, 6) is -5.44. The average molecular weight is 923 g/mol. The Morgan fingerprint density at radius 1 is 1.00 bits per heavy atom. The number of fused-ring (bicyclic) bond motifs is 3. The lowest BCUT2D eigenvalue weighted by atomic mass is 9.86. The van der Waals surface area contributed by atoms with E-state index in [-0.39, 0.29) is 42.1 Å². The largest absolute Gasteiger partial charge is 0.497 e. The zero-order chi connectivity index (χ0) is 46.5. The zero-order valence-corrected chi connectivity index (χ0v) is 36.4. The van der Waals surface area contributed by atoms with Gasteiger partial charge in [0.2, 0.25) is 39.0 Å². The molecule has 16 nitrogen and oxygen atoms in total. The third kappa shape index (κ3) is 10.2. The third-order valence-electron chi connectivity index (χ3n) is 12.5. The summed E-state index contributed by atoms with van der Waals surface area (Å²) in [4.78, 5) is 65.5. The van der Waals surface area contributed by atoms with Crippen LogP contribution in [0.15, 0.2) is 18.2 Å². The number of alkyl carbamates (subject to hydrolysis) is 1. The van der Waals surface area contributed by atoms with Gasteiger partial charge in [-0.25, -0.2) is 23.2 Å². The highest BCUT2D eigenvalue weighted by molar-refractivity contribution is 7.91. The van der Waals surface area contributed by atoms with E-state index in [1.807, 2.05) is 6.92 Å². The van der Waals surface area contributed by atoms with Crippen molar-refractivity contribution in [3.8, 4) is 11.6 Å². The first kappa shape index (κ1) is 47.8. The number of hydrogen-bond donors (Lipinski definition) is 3. The van der Waals surface area contributed by atoms with Crippen molar-refractivity contribution in [2.45, 2.75) is 132 Å². The minimum Gasteiger partial charge on any atom is -0.497 e. The van der Waals surface area contributed by atoms with Crippen molar-refractivity contribution in [2.75, 3.05) is 27.4 Å². The molecule has 4 amide bonds. The topological polar surface area (TPSA) is 204 Å². The maximum Gasteiger partial charge on any atom is 0.438 e. The normalized spacial score (nSPS) is 28.1. The lowest BCUT2D eigenvalue weighted by Gasteiger charge is -2.35. The SMILES string of the molecule is COC[C@@H]1C[C@@H](C)CCCC[C@H]2C[C@@]2(C(=O)NS(=O)(=O)C2(C)CC2)NC(=O)[C@@H]2C[C@@H](Oc3nc4cc(OC)ccc4nc3C(F)(F)F)CN2C(=O)[C@H]1NC(=O)OC(C)(C)C(F)(F)F. The van der Waals surface area contributed by atoms with E-state index in [2.05, 4.69) is 25.3 Å². The number of carbonyl (C=O) groups excluding carboxylic acids is 4. The van der Waals surface area contributed by atoms with Crippen molar-refractivity contribution in [3.63, 3.8) is 0 Å². The monoisotopic (exact) mass is 922 g/mol. The van der Waals surface area contributed by atoms with Gasteiger partial charge in [0.05, 0.1) is 36.0 Å². The van der Waals surface area contributed by atoms with E-state index in [0.717, 1.165) is 4.90 Å². The quantitative estimate of drug-likeness (QED) is 0.264. The second-order valence-corrected chi connectivity index (χ2v) is 20.0. The van der Waals surface area contributed by atoms with E-state index in [1.165, 1.54) is 39.3 Å². The molecule has 23 heteroatoms. The predicted molar refractivity (Wildman–Crippen MR) is 210 cm³/mol. The Morgan fingerprint density at radius 3 is 2.30 bits per heavy atom. The Kier molecular flexibility index (Phi) is 13.2. The molecule has 1 aromatic carbocycles. The van der Waals surface area contributed by atoms with E-state index < -0.39 is 117 Å². The van der Waals surface area contributed by atoms with Gasteiger partial charge in [0, 0.05) is 25.5 Å². The number of sulfonamides is 1. The van der Waals surface area contributed by atoms with Crippen molar-refractivity contribution in [2.24, 2.45) is 17.8 Å². The molecule has 2 aliphatic heterocycles. The molecule has 0 unspecified atom stereocenters. The number of methoxy groups -OCH3 is 2. The van der Waals surface area contributed by atoms with E-state index in [4.69, 9.17) is 18.9 Å². The van der Waals surface area contributed by atoms with Crippen LogP contribution in [0.4, 0.5) is 31.1 Å². The summed E-state index contributed by atoms with van der Waals surface area (Å²) in [6, 6.07) is 0.584. The summed E-state index contributed by atoms with van der Waals surface area (Å²) in [5, 5.41) is 4.95. The Morgan fingerprint density at radius 2 is 1.68 bits per heavy atom. The van der Waals surface area contributed by atoms with Crippen LogP contribution in [0.3, 0.4) is 0 Å². The van der Waals surface area contributed by atoms with Gasteiger partial charge < -0.3 is 34.5 Å². The molecule has 2 aromatic rings. The Hall–Kier alpha value is -4.67. The molecule has 0 radical (unpaired) electrons. The van der Waals surface area contributed by atoms with Gasteiger partial charge in [0.1, 0.15) is 29.5 Å². The molecule has 3 N–H and O–H groups in total. The molecule has 7 atom stereocenters. The summed E-state index contributed by atoms with van der Waals surface area (Å²) in [5.41, 5.74) is -6.49. The van der Waals surface area contributed by atoms with Gasteiger partial charge in [0.15, 0.2) is 0 Å². The molecule has 3 heterocycles. The molecule has 6 rings (SSSR count). The van der Waals surface area contributed by atoms with Gasteiger partial charge in [-0.05, 0) is 76.8 Å². The molecule has 63 heavy (non-hydrogen) atoms. The first-order valence-corrected chi connectivity index (χ1v) is 22.1. The Bertz CT molecular complexity index is 2210. The van der Waals surface area contributed by atoms with Crippen LogP contribution in [-0.4, -0.2) is 115 Å². The van der Waals surface area contributed by atoms with Gasteiger partial charge in [-0.2, -0.15) is 26.3 Å². The van der Waals surface area contributed by atoms with Gasteiger partial charge in [-0.15, -0.1) is 0 Å². The van der Waals surface area contributed by atoms with E-state index in [9.17, 15) is 53.9 Å². The molecule has 2 aliphatic carbocycles. The van der Waals surface area contributed by atoms with Crippen molar-refractivity contribution in [3.05, 3.63) is 23.9 Å². The lowest BCUT2D eigenvalue weighted by molar-refractivity contribution is -0.244. The van der Waals surface area contributed by atoms with Crippen LogP contribution in [0.1, 0.15) is 91.2 Å². The van der Waals surface area contributed by atoms with Crippen LogP contribution in [0, 0.1) is 17.8 Å². The fourth-order valence-electron chi connectivity index (χ4n) is 8.23. The zero-order valence-electron chi connectivity index (χ0n) is 35.6. The number of alkyl halides is 6. The first-order chi connectivity index (χ1) is 29.2. The minimum atomic E-state index is -5.10. The van der Waals surface area contributed by atoms with E-state index in [1.54, 1.807) is 0 Å². The maximum atomic E-state index is 14.9. The second kappa shape index (κ2) is 17.4. The summed E-state index contributed by atoms with van der Waals surface area (Å²) in [7, 11) is -1.54. The molecule has 1 aromatic heterocycles. The van der Waals surface area contributed by atoms with Crippen LogP contribution in [0.25, 0.3) is 11.0 Å². The second-order valence-electron chi connectivity index (χ2n) is 17.8. The molecule has 0 bridgehead atoms. The van der Waals surface area contributed by atoms with Crippen LogP contribution >= 0.6 is 0 Å².